The molecule has 1 atom stereocenters. The molecule has 0 spiro atoms. The van der Waals surface area contributed by atoms with Crippen molar-refractivity contribution in [2.75, 3.05) is 23.7 Å². The number of likely N-dealkylation sites (N-methyl/N-ethyl adjacent to an activating group) is 1. The average molecular weight is 466 g/mol. The van der Waals surface area contributed by atoms with Crippen molar-refractivity contribution >= 4 is 39.1 Å². The summed E-state index contributed by atoms with van der Waals surface area (Å²) in [6.07, 6.45) is 1.04. The van der Waals surface area contributed by atoms with Gasteiger partial charge in [-0.1, -0.05) is 48.0 Å². The minimum atomic E-state index is -3.79. The van der Waals surface area contributed by atoms with Crippen LogP contribution in [-0.2, 0) is 26.2 Å². The lowest BCUT2D eigenvalue weighted by atomic mass is 10.1. The molecule has 7 nitrogen and oxygen atoms in total. The summed E-state index contributed by atoms with van der Waals surface area (Å²) >= 11 is 6.17. The Kier molecular flexibility index (Phi) is 8.47. The Labute approximate surface area is 189 Å². The van der Waals surface area contributed by atoms with Crippen LogP contribution in [0.2, 0.25) is 5.02 Å². The molecule has 0 heterocycles. The molecule has 9 heteroatoms. The van der Waals surface area contributed by atoms with Crippen molar-refractivity contribution in [1.82, 2.24) is 10.2 Å². The van der Waals surface area contributed by atoms with E-state index in [1.165, 1.54) is 4.90 Å². The number of amides is 2. The Hall–Kier alpha value is -2.58. The van der Waals surface area contributed by atoms with Crippen molar-refractivity contribution in [1.29, 1.82) is 0 Å². The van der Waals surface area contributed by atoms with E-state index in [9.17, 15) is 18.0 Å². The van der Waals surface area contributed by atoms with E-state index < -0.39 is 28.5 Å². The largest absolute Gasteiger partial charge is 0.355 e. The quantitative estimate of drug-likeness (QED) is 0.616. The van der Waals surface area contributed by atoms with E-state index in [4.69, 9.17) is 11.6 Å². The summed E-state index contributed by atoms with van der Waals surface area (Å²) in [5.74, 6) is -0.802. The summed E-state index contributed by atoms with van der Waals surface area (Å²) in [7, 11) is -3.79. The van der Waals surface area contributed by atoms with Gasteiger partial charge in [0.05, 0.1) is 11.9 Å². The van der Waals surface area contributed by atoms with Gasteiger partial charge < -0.3 is 10.2 Å². The third-order valence-corrected chi connectivity index (χ3v) is 6.44. The molecule has 0 radical (unpaired) electrons. The van der Waals surface area contributed by atoms with Crippen LogP contribution in [0.1, 0.15) is 25.0 Å². The summed E-state index contributed by atoms with van der Waals surface area (Å²) in [6, 6.07) is 13.3. The van der Waals surface area contributed by atoms with Crippen molar-refractivity contribution in [3.63, 3.8) is 0 Å². The fraction of sp³-hybridized carbons (Fsp3) is 0.364. The van der Waals surface area contributed by atoms with Crippen LogP contribution in [0.3, 0.4) is 0 Å². The minimum Gasteiger partial charge on any atom is -0.355 e. The normalized spacial score (nSPS) is 12.2. The zero-order valence-electron chi connectivity index (χ0n) is 18.1. The number of hydrogen-bond donors (Lipinski definition) is 1. The highest BCUT2D eigenvalue weighted by molar-refractivity contribution is 7.92. The van der Waals surface area contributed by atoms with E-state index in [-0.39, 0.29) is 12.5 Å². The predicted molar refractivity (Wildman–Crippen MR) is 124 cm³/mol. The van der Waals surface area contributed by atoms with E-state index >= 15 is 0 Å². The van der Waals surface area contributed by atoms with E-state index in [1.807, 2.05) is 30.3 Å². The zero-order chi connectivity index (χ0) is 23.2. The molecule has 0 unspecified atom stereocenters. The third kappa shape index (κ3) is 6.45. The molecule has 168 valence electrons. The fourth-order valence-corrected chi connectivity index (χ4v) is 4.22. The summed E-state index contributed by atoms with van der Waals surface area (Å²) < 4.78 is 26.1. The monoisotopic (exact) mass is 465 g/mol. The molecular weight excluding hydrogens is 438 g/mol. The molecule has 2 amide bonds. The number of rotatable bonds is 9. The molecule has 0 aliphatic rings. The van der Waals surface area contributed by atoms with Crippen molar-refractivity contribution in [3.05, 3.63) is 64.7 Å². The predicted octanol–water partition coefficient (Wildman–Crippen LogP) is 2.97. The summed E-state index contributed by atoms with van der Waals surface area (Å²) in [5.41, 5.74) is 1.71. The van der Waals surface area contributed by atoms with Crippen LogP contribution >= 0.6 is 11.6 Å². The van der Waals surface area contributed by atoms with Gasteiger partial charge in [0.15, 0.2) is 0 Å². The Morgan fingerprint density at radius 3 is 2.32 bits per heavy atom. The topological polar surface area (TPSA) is 86.8 Å². The van der Waals surface area contributed by atoms with Gasteiger partial charge in [-0.3, -0.25) is 13.9 Å². The lowest BCUT2D eigenvalue weighted by Gasteiger charge is -2.32. The maximum absolute atomic E-state index is 13.3. The summed E-state index contributed by atoms with van der Waals surface area (Å²) in [4.78, 5) is 27.2. The molecule has 0 aliphatic heterocycles. The number of hydrogen-bond acceptors (Lipinski definition) is 4. The number of sulfonamides is 1. The lowest BCUT2D eigenvalue weighted by molar-refractivity contribution is -0.139. The van der Waals surface area contributed by atoms with Crippen LogP contribution in [0, 0.1) is 6.92 Å². The molecule has 2 aromatic rings. The van der Waals surface area contributed by atoms with Gasteiger partial charge in [-0.25, -0.2) is 8.42 Å². The first-order valence-electron chi connectivity index (χ1n) is 9.90. The van der Waals surface area contributed by atoms with Crippen molar-refractivity contribution < 1.29 is 18.0 Å². The highest BCUT2D eigenvalue weighted by Crippen LogP contribution is 2.28. The molecule has 1 N–H and O–H groups in total. The van der Waals surface area contributed by atoms with Crippen LogP contribution in [-0.4, -0.2) is 50.5 Å². The number of benzene rings is 2. The number of nitrogens with zero attached hydrogens (tertiary/aromatic N) is 2. The Morgan fingerprint density at radius 2 is 1.74 bits per heavy atom. The van der Waals surface area contributed by atoms with E-state index in [1.54, 1.807) is 39.0 Å². The number of halogens is 1. The van der Waals surface area contributed by atoms with Gasteiger partial charge in [-0.2, -0.15) is 0 Å². The highest BCUT2D eigenvalue weighted by atomic mass is 35.5. The van der Waals surface area contributed by atoms with Gasteiger partial charge in [-0.05, 0) is 44.0 Å². The van der Waals surface area contributed by atoms with Crippen molar-refractivity contribution in [2.24, 2.45) is 0 Å². The maximum atomic E-state index is 13.3. The van der Waals surface area contributed by atoms with Gasteiger partial charge in [0.2, 0.25) is 21.8 Å². The SMILES string of the molecule is CCNC(=O)[C@@H](C)N(Cc1ccccc1)C(=O)CN(c1cccc(Cl)c1C)S(C)(=O)=O. The average Bonchev–Trinajstić information content (AvgIpc) is 2.72. The van der Waals surface area contributed by atoms with Gasteiger partial charge in [-0.15, -0.1) is 0 Å². The van der Waals surface area contributed by atoms with Gasteiger partial charge in [0.1, 0.15) is 12.6 Å². The molecule has 0 fully saturated rings. The molecule has 31 heavy (non-hydrogen) atoms. The number of carbonyl (C=O) groups excluding carboxylic acids is 2. The Bertz CT molecular complexity index is 1030. The van der Waals surface area contributed by atoms with Gasteiger partial charge in [0, 0.05) is 18.1 Å². The first-order valence-corrected chi connectivity index (χ1v) is 12.1. The summed E-state index contributed by atoms with van der Waals surface area (Å²) in [5, 5.41) is 3.11. The molecule has 0 aliphatic carbocycles. The van der Waals surface area contributed by atoms with Crippen LogP contribution in [0.15, 0.2) is 48.5 Å². The lowest BCUT2D eigenvalue weighted by Crippen LogP contribution is -2.51. The number of nitrogens with one attached hydrogen (secondary N) is 1. The Balaban J connectivity index is 2.41. The highest BCUT2D eigenvalue weighted by Gasteiger charge is 2.30. The van der Waals surface area contributed by atoms with Crippen LogP contribution in [0.4, 0.5) is 5.69 Å². The smallest absolute Gasteiger partial charge is 0.244 e. The molecule has 0 saturated heterocycles. The second-order valence-corrected chi connectivity index (χ2v) is 9.55. The van der Waals surface area contributed by atoms with Crippen LogP contribution in [0.25, 0.3) is 0 Å². The molecule has 2 rings (SSSR count). The third-order valence-electron chi connectivity index (χ3n) is 4.90. The van der Waals surface area contributed by atoms with Gasteiger partial charge in [0.25, 0.3) is 0 Å². The molecule has 0 saturated carbocycles. The molecule has 2 aromatic carbocycles. The zero-order valence-corrected chi connectivity index (χ0v) is 19.7. The van der Waals surface area contributed by atoms with E-state index in [2.05, 4.69) is 5.32 Å². The minimum absolute atomic E-state index is 0.171. The van der Waals surface area contributed by atoms with Crippen molar-refractivity contribution in [2.45, 2.75) is 33.4 Å². The number of anilines is 1. The van der Waals surface area contributed by atoms with E-state index in [0.717, 1.165) is 16.1 Å². The second-order valence-electron chi connectivity index (χ2n) is 7.23. The second kappa shape index (κ2) is 10.6. The van der Waals surface area contributed by atoms with E-state index in [0.29, 0.717) is 22.8 Å². The van der Waals surface area contributed by atoms with Gasteiger partial charge >= 0.3 is 0 Å². The maximum Gasteiger partial charge on any atom is 0.244 e. The van der Waals surface area contributed by atoms with Crippen molar-refractivity contribution in [3.8, 4) is 0 Å². The molecular formula is C22H28ClN3O4S. The Morgan fingerprint density at radius 1 is 1.10 bits per heavy atom. The number of carbonyl (C=O) groups is 2. The standard InChI is InChI=1S/C22H28ClN3O4S/c1-5-24-22(28)17(3)25(14-18-10-7-6-8-11-18)21(27)15-26(31(4,29)30)20-13-9-12-19(23)16(20)2/h6-13,17H,5,14-15H2,1-4H3,(H,24,28)/t17-/m1/s1. The fourth-order valence-electron chi connectivity index (χ4n) is 3.15. The molecule has 0 aromatic heterocycles. The first kappa shape index (κ1) is 24.7. The summed E-state index contributed by atoms with van der Waals surface area (Å²) in [6.45, 7) is 5.26. The van der Waals surface area contributed by atoms with Crippen LogP contribution < -0.4 is 9.62 Å². The van der Waals surface area contributed by atoms with Crippen LogP contribution in [0.5, 0.6) is 0 Å². The first-order chi connectivity index (χ1) is 14.6. The molecule has 0 bridgehead atoms.